The van der Waals surface area contributed by atoms with Crippen molar-refractivity contribution in [2.45, 2.75) is 64.2 Å². The van der Waals surface area contributed by atoms with Gasteiger partial charge in [0.15, 0.2) is 0 Å². The Morgan fingerprint density at radius 1 is 1.19 bits per heavy atom. The molecule has 1 saturated carbocycles. The molecule has 2 N–H and O–H groups in total. The Morgan fingerprint density at radius 2 is 2.00 bits per heavy atom. The third-order valence-corrected chi connectivity index (χ3v) is 5.02. The first kappa shape index (κ1) is 16.4. The molecule has 4 nitrogen and oxygen atoms in total. The first-order chi connectivity index (χ1) is 10.2. The molecule has 0 bridgehead atoms. The summed E-state index contributed by atoms with van der Waals surface area (Å²) in [5.74, 6) is 4.06. The first-order valence-electron chi connectivity index (χ1n) is 8.25. The molecule has 21 heavy (non-hydrogen) atoms. The molecule has 1 aliphatic rings. The van der Waals surface area contributed by atoms with Crippen molar-refractivity contribution in [1.29, 1.82) is 0 Å². The van der Waals surface area contributed by atoms with Gasteiger partial charge in [-0.05, 0) is 31.4 Å². The molecule has 0 spiro atoms. The molecule has 0 radical (unpaired) electrons. The van der Waals surface area contributed by atoms with Crippen molar-refractivity contribution < 1.29 is 0 Å². The summed E-state index contributed by atoms with van der Waals surface area (Å²) in [5.41, 5.74) is 0. The molecule has 1 aromatic heterocycles. The largest absolute Gasteiger partial charge is 0.370 e. The zero-order chi connectivity index (χ0) is 15.1. The van der Waals surface area contributed by atoms with E-state index in [1.807, 2.05) is 0 Å². The number of aryl methyl sites for hydroxylation is 1. The lowest BCUT2D eigenvalue weighted by atomic mass is 10.2. The SMILES string of the molecule is CCCNc1cc(NC2CCC(SCC)C2)nc(CC)n1. The van der Waals surface area contributed by atoms with Crippen LogP contribution >= 0.6 is 11.8 Å². The van der Waals surface area contributed by atoms with Crippen molar-refractivity contribution in [2.75, 3.05) is 22.9 Å². The van der Waals surface area contributed by atoms with Crippen LogP contribution in [-0.2, 0) is 6.42 Å². The van der Waals surface area contributed by atoms with Gasteiger partial charge in [0.2, 0.25) is 0 Å². The van der Waals surface area contributed by atoms with E-state index in [2.05, 4.69) is 59.2 Å². The quantitative estimate of drug-likeness (QED) is 0.761. The lowest BCUT2D eigenvalue weighted by molar-refractivity contribution is 0.748. The second-order valence-corrected chi connectivity index (χ2v) is 7.14. The number of hydrogen-bond donors (Lipinski definition) is 2. The fourth-order valence-corrected chi connectivity index (χ4v) is 3.88. The zero-order valence-electron chi connectivity index (χ0n) is 13.5. The van der Waals surface area contributed by atoms with Gasteiger partial charge in [-0.25, -0.2) is 9.97 Å². The minimum atomic E-state index is 0.563. The predicted molar refractivity (Wildman–Crippen MR) is 93.4 cm³/mol. The summed E-state index contributed by atoms with van der Waals surface area (Å²) in [6.07, 6.45) is 5.80. The van der Waals surface area contributed by atoms with E-state index in [9.17, 15) is 0 Å². The molecule has 1 aromatic rings. The summed E-state index contributed by atoms with van der Waals surface area (Å²) in [7, 11) is 0. The fraction of sp³-hybridized carbons (Fsp3) is 0.750. The lowest BCUT2D eigenvalue weighted by Gasteiger charge is -2.15. The van der Waals surface area contributed by atoms with E-state index in [-0.39, 0.29) is 0 Å². The monoisotopic (exact) mass is 308 g/mol. The third-order valence-electron chi connectivity index (χ3n) is 3.78. The maximum atomic E-state index is 4.63. The Balaban J connectivity index is 1.98. The van der Waals surface area contributed by atoms with E-state index < -0.39 is 0 Å². The molecule has 118 valence electrons. The van der Waals surface area contributed by atoms with Crippen LogP contribution in [0.15, 0.2) is 6.07 Å². The summed E-state index contributed by atoms with van der Waals surface area (Å²) in [6, 6.07) is 2.61. The summed E-state index contributed by atoms with van der Waals surface area (Å²) in [5, 5.41) is 7.80. The molecule has 1 aliphatic carbocycles. The van der Waals surface area contributed by atoms with Crippen LogP contribution in [0.1, 0.15) is 52.3 Å². The molecule has 1 fully saturated rings. The second kappa shape index (κ2) is 8.47. The number of nitrogens with zero attached hydrogens (tertiary/aromatic N) is 2. The number of nitrogens with one attached hydrogen (secondary N) is 2. The van der Waals surface area contributed by atoms with Crippen LogP contribution in [0.5, 0.6) is 0 Å². The van der Waals surface area contributed by atoms with E-state index in [1.165, 1.54) is 25.0 Å². The molecule has 0 saturated heterocycles. The zero-order valence-corrected chi connectivity index (χ0v) is 14.3. The van der Waals surface area contributed by atoms with E-state index in [4.69, 9.17) is 0 Å². The van der Waals surface area contributed by atoms with Crippen LogP contribution < -0.4 is 10.6 Å². The van der Waals surface area contributed by atoms with Gasteiger partial charge in [0.05, 0.1) is 0 Å². The molecule has 2 unspecified atom stereocenters. The van der Waals surface area contributed by atoms with E-state index in [0.717, 1.165) is 42.1 Å². The van der Waals surface area contributed by atoms with E-state index >= 15 is 0 Å². The molecule has 0 amide bonds. The molecular formula is C16H28N4S. The van der Waals surface area contributed by atoms with Crippen LogP contribution in [0.4, 0.5) is 11.6 Å². The Hall–Kier alpha value is -0.970. The molecule has 5 heteroatoms. The standard InChI is InChI=1S/C16H28N4S/c1-4-9-17-15-11-16(20-14(5-2)19-15)18-12-7-8-13(10-12)21-6-3/h11-13H,4-10H2,1-3H3,(H2,17,18,19,20). The van der Waals surface area contributed by atoms with Gasteiger partial charge in [0, 0.05) is 30.3 Å². The summed E-state index contributed by atoms with van der Waals surface area (Å²) >= 11 is 2.09. The number of rotatable bonds is 8. The van der Waals surface area contributed by atoms with E-state index in [1.54, 1.807) is 0 Å². The number of anilines is 2. The van der Waals surface area contributed by atoms with Crippen LogP contribution in [0.25, 0.3) is 0 Å². The Kier molecular flexibility index (Phi) is 6.61. The molecule has 1 heterocycles. The van der Waals surface area contributed by atoms with Crippen LogP contribution in [0.2, 0.25) is 0 Å². The smallest absolute Gasteiger partial charge is 0.132 e. The van der Waals surface area contributed by atoms with Crippen molar-refractivity contribution in [1.82, 2.24) is 9.97 Å². The number of hydrogen-bond acceptors (Lipinski definition) is 5. The van der Waals surface area contributed by atoms with Gasteiger partial charge in [0.25, 0.3) is 0 Å². The van der Waals surface area contributed by atoms with Crippen LogP contribution in [-0.4, -0.2) is 33.6 Å². The normalized spacial score (nSPS) is 21.5. The molecule has 0 aromatic carbocycles. The topological polar surface area (TPSA) is 49.8 Å². The average Bonchev–Trinajstić information content (AvgIpc) is 2.92. The van der Waals surface area contributed by atoms with Gasteiger partial charge < -0.3 is 10.6 Å². The summed E-state index contributed by atoms with van der Waals surface area (Å²) < 4.78 is 0. The van der Waals surface area contributed by atoms with Crippen molar-refractivity contribution >= 4 is 23.4 Å². The maximum absolute atomic E-state index is 4.63. The van der Waals surface area contributed by atoms with Crippen molar-refractivity contribution in [3.05, 3.63) is 11.9 Å². The molecule has 0 aliphatic heterocycles. The Morgan fingerprint density at radius 3 is 2.71 bits per heavy atom. The highest BCUT2D eigenvalue weighted by molar-refractivity contribution is 7.99. The minimum absolute atomic E-state index is 0.563. The van der Waals surface area contributed by atoms with Crippen molar-refractivity contribution in [2.24, 2.45) is 0 Å². The van der Waals surface area contributed by atoms with Gasteiger partial charge in [-0.1, -0.05) is 20.8 Å². The minimum Gasteiger partial charge on any atom is -0.370 e. The third kappa shape index (κ3) is 5.06. The maximum Gasteiger partial charge on any atom is 0.132 e. The van der Waals surface area contributed by atoms with Gasteiger partial charge >= 0.3 is 0 Å². The Labute approximate surface area is 132 Å². The number of thioether (sulfide) groups is 1. The Bertz CT molecular complexity index is 438. The van der Waals surface area contributed by atoms with Gasteiger partial charge in [0.1, 0.15) is 17.5 Å². The highest BCUT2D eigenvalue weighted by atomic mass is 32.2. The second-order valence-electron chi connectivity index (χ2n) is 5.57. The van der Waals surface area contributed by atoms with Gasteiger partial charge in [-0.15, -0.1) is 0 Å². The highest BCUT2D eigenvalue weighted by Crippen LogP contribution is 2.31. The van der Waals surface area contributed by atoms with Crippen molar-refractivity contribution in [3.8, 4) is 0 Å². The summed E-state index contributed by atoms with van der Waals surface area (Å²) in [4.78, 5) is 9.17. The molecular weight excluding hydrogens is 280 g/mol. The highest BCUT2D eigenvalue weighted by Gasteiger charge is 2.24. The molecule has 2 rings (SSSR count). The van der Waals surface area contributed by atoms with Gasteiger partial charge in [-0.2, -0.15) is 11.8 Å². The van der Waals surface area contributed by atoms with Crippen LogP contribution in [0, 0.1) is 0 Å². The lowest BCUT2D eigenvalue weighted by Crippen LogP contribution is -2.18. The first-order valence-corrected chi connectivity index (χ1v) is 9.30. The van der Waals surface area contributed by atoms with E-state index in [0.29, 0.717) is 6.04 Å². The predicted octanol–water partition coefficient (Wildman–Crippen LogP) is 3.95. The molecule has 2 atom stereocenters. The van der Waals surface area contributed by atoms with Crippen LogP contribution in [0.3, 0.4) is 0 Å². The fourth-order valence-electron chi connectivity index (χ4n) is 2.74. The number of aromatic nitrogens is 2. The average molecular weight is 308 g/mol. The summed E-state index contributed by atoms with van der Waals surface area (Å²) in [6.45, 7) is 7.47. The van der Waals surface area contributed by atoms with Crippen molar-refractivity contribution in [3.63, 3.8) is 0 Å². The van der Waals surface area contributed by atoms with Gasteiger partial charge in [-0.3, -0.25) is 0 Å².